The number of sulfonamides is 1. The summed E-state index contributed by atoms with van der Waals surface area (Å²) in [4.78, 5) is 4.48. The molecular weight excluding hydrogens is 276 g/mol. The van der Waals surface area contributed by atoms with Crippen LogP contribution in [0.3, 0.4) is 0 Å². The van der Waals surface area contributed by atoms with Gasteiger partial charge in [-0.15, -0.1) is 0 Å². The number of benzene rings is 1. The molecule has 1 aromatic rings. The molecule has 0 aliphatic carbocycles. The number of piperazine rings is 1. The topological polar surface area (TPSA) is 92.7 Å². The van der Waals surface area contributed by atoms with Crippen molar-refractivity contribution in [2.24, 2.45) is 5.14 Å². The number of rotatable bonds is 3. The Hall–Kier alpha value is -1.31. The zero-order chi connectivity index (χ0) is 14.9. The molecule has 6 nitrogen and oxygen atoms in total. The molecule has 1 saturated heterocycles. The highest BCUT2D eigenvalue weighted by Gasteiger charge is 2.26. The standard InChI is InChI=1S/C13H22N4O2S/c1-3-11-9-17(7-6-16(11)2)12-5-4-10(14)8-13(12)20(15,18)19/h4-5,8,11H,3,6-7,9,14H2,1-2H3,(H2,15,18,19). The Morgan fingerprint density at radius 3 is 2.65 bits per heavy atom. The number of nitrogen functional groups attached to an aromatic ring is 1. The van der Waals surface area contributed by atoms with Crippen LogP contribution in [0.1, 0.15) is 13.3 Å². The minimum atomic E-state index is -3.78. The number of hydrogen-bond acceptors (Lipinski definition) is 5. The lowest BCUT2D eigenvalue weighted by Gasteiger charge is -2.40. The molecule has 7 heteroatoms. The molecule has 1 heterocycles. The molecule has 1 aromatic carbocycles. The van der Waals surface area contributed by atoms with E-state index in [0.29, 0.717) is 17.4 Å². The fourth-order valence-electron chi connectivity index (χ4n) is 2.63. The van der Waals surface area contributed by atoms with Gasteiger partial charge in [-0.25, -0.2) is 13.6 Å². The van der Waals surface area contributed by atoms with Crippen molar-refractivity contribution in [2.75, 3.05) is 37.3 Å². The fourth-order valence-corrected chi connectivity index (χ4v) is 3.41. The lowest BCUT2D eigenvalue weighted by Crippen LogP contribution is -2.51. The van der Waals surface area contributed by atoms with E-state index < -0.39 is 10.0 Å². The van der Waals surface area contributed by atoms with Gasteiger partial charge in [-0.05, 0) is 31.7 Å². The van der Waals surface area contributed by atoms with Crippen molar-refractivity contribution in [3.8, 4) is 0 Å². The van der Waals surface area contributed by atoms with Gasteiger partial charge in [-0.3, -0.25) is 4.90 Å². The van der Waals surface area contributed by atoms with Crippen molar-refractivity contribution in [2.45, 2.75) is 24.3 Å². The van der Waals surface area contributed by atoms with Gasteiger partial charge >= 0.3 is 0 Å². The summed E-state index contributed by atoms with van der Waals surface area (Å²) >= 11 is 0. The van der Waals surface area contributed by atoms with E-state index in [1.807, 2.05) is 0 Å². The van der Waals surface area contributed by atoms with E-state index in [1.54, 1.807) is 12.1 Å². The largest absolute Gasteiger partial charge is 0.399 e. The van der Waals surface area contributed by atoms with Gasteiger partial charge in [0.05, 0.1) is 5.69 Å². The number of nitrogens with zero attached hydrogens (tertiary/aromatic N) is 2. The molecule has 1 aliphatic heterocycles. The van der Waals surface area contributed by atoms with Crippen molar-refractivity contribution >= 4 is 21.4 Å². The second-order valence-electron chi connectivity index (χ2n) is 5.26. The number of hydrogen-bond donors (Lipinski definition) is 2. The first-order valence-electron chi connectivity index (χ1n) is 6.70. The van der Waals surface area contributed by atoms with Crippen LogP contribution in [0.4, 0.5) is 11.4 Å². The molecule has 0 aromatic heterocycles. The van der Waals surface area contributed by atoms with Gasteiger partial charge in [0.25, 0.3) is 0 Å². The maximum absolute atomic E-state index is 11.7. The van der Waals surface area contributed by atoms with E-state index in [-0.39, 0.29) is 4.90 Å². The second-order valence-corrected chi connectivity index (χ2v) is 6.79. The van der Waals surface area contributed by atoms with Crippen LogP contribution < -0.4 is 15.8 Å². The Labute approximate surface area is 120 Å². The molecule has 1 atom stereocenters. The zero-order valence-corrected chi connectivity index (χ0v) is 12.7. The van der Waals surface area contributed by atoms with Crippen LogP contribution in [0.5, 0.6) is 0 Å². The normalized spacial score (nSPS) is 21.1. The molecule has 0 bridgehead atoms. The van der Waals surface area contributed by atoms with E-state index in [9.17, 15) is 8.42 Å². The molecule has 20 heavy (non-hydrogen) atoms. The zero-order valence-electron chi connectivity index (χ0n) is 11.9. The molecule has 4 N–H and O–H groups in total. The Kier molecular flexibility index (Phi) is 4.22. The Bertz CT molecular complexity index is 588. The fraction of sp³-hybridized carbons (Fsp3) is 0.538. The van der Waals surface area contributed by atoms with Crippen LogP contribution >= 0.6 is 0 Å². The molecule has 2 rings (SSSR count). The summed E-state index contributed by atoms with van der Waals surface area (Å²) in [5, 5.41) is 5.31. The maximum Gasteiger partial charge on any atom is 0.240 e. The van der Waals surface area contributed by atoms with Crippen molar-refractivity contribution in [1.29, 1.82) is 0 Å². The highest BCUT2D eigenvalue weighted by atomic mass is 32.2. The summed E-state index contributed by atoms with van der Waals surface area (Å²) in [6.45, 7) is 4.60. The third-order valence-electron chi connectivity index (χ3n) is 3.88. The Morgan fingerprint density at radius 2 is 2.05 bits per heavy atom. The summed E-state index contributed by atoms with van der Waals surface area (Å²) in [6.07, 6.45) is 1.02. The quantitative estimate of drug-likeness (QED) is 0.790. The van der Waals surface area contributed by atoms with E-state index in [2.05, 4.69) is 23.8 Å². The summed E-state index contributed by atoms with van der Waals surface area (Å²) in [5.74, 6) is 0. The molecule has 1 aliphatic rings. The van der Waals surface area contributed by atoms with Gasteiger partial charge < -0.3 is 10.6 Å². The molecule has 1 unspecified atom stereocenters. The molecule has 0 spiro atoms. The van der Waals surface area contributed by atoms with Crippen LogP contribution in [0.15, 0.2) is 23.1 Å². The molecule has 112 valence electrons. The highest BCUT2D eigenvalue weighted by Crippen LogP contribution is 2.28. The smallest absolute Gasteiger partial charge is 0.240 e. The van der Waals surface area contributed by atoms with Crippen LogP contribution in [0.2, 0.25) is 0 Å². The van der Waals surface area contributed by atoms with Gasteiger partial charge in [0.15, 0.2) is 0 Å². The highest BCUT2D eigenvalue weighted by molar-refractivity contribution is 7.89. The SMILES string of the molecule is CCC1CN(c2ccc(N)cc2S(N)(=O)=O)CCN1C. The first-order chi connectivity index (χ1) is 9.32. The molecule has 0 saturated carbocycles. The maximum atomic E-state index is 11.7. The lowest BCUT2D eigenvalue weighted by atomic mass is 10.1. The molecule has 0 amide bonds. The molecular formula is C13H22N4O2S. The summed E-state index contributed by atoms with van der Waals surface area (Å²) < 4.78 is 23.5. The summed E-state index contributed by atoms with van der Waals surface area (Å²) in [7, 11) is -1.69. The Morgan fingerprint density at radius 1 is 1.35 bits per heavy atom. The van der Waals surface area contributed by atoms with E-state index in [4.69, 9.17) is 10.9 Å². The minimum absolute atomic E-state index is 0.108. The summed E-state index contributed by atoms with van der Waals surface area (Å²) in [6, 6.07) is 5.30. The predicted molar refractivity (Wildman–Crippen MR) is 81.1 cm³/mol. The van der Waals surface area contributed by atoms with Crippen molar-refractivity contribution in [1.82, 2.24) is 4.90 Å². The van der Waals surface area contributed by atoms with Gasteiger partial charge in [0.1, 0.15) is 4.90 Å². The lowest BCUT2D eigenvalue weighted by molar-refractivity contribution is 0.213. The van der Waals surface area contributed by atoms with Gasteiger partial charge in [-0.1, -0.05) is 6.92 Å². The van der Waals surface area contributed by atoms with Crippen molar-refractivity contribution in [3.05, 3.63) is 18.2 Å². The van der Waals surface area contributed by atoms with E-state index in [0.717, 1.165) is 26.1 Å². The van der Waals surface area contributed by atoms with Gasteiger partial charge in [0.2, 0.25) is 10.0 Å². The summed E-state index contributed by atoms with van der Waals surface area (Å²) in [5.41, 5.74) is 6.73. The first kappa shape index (κ1) is 15.1. The number of anilines is 2. The molecule has 0 radical (unpaired) electrons. The van der Waals surface area contributed by atoms with Gasteiger partial charge in [0, 0.05) is 31.4 Å². The number of primary sulfonamides is 1. The van der Waals surface area contributed by atoms with Crippen LogP contribution in [-0.2, 0) is 10.0 Å². The molecule has 1 fully saturated rings. The number of nitrogens with two attached hydrogens (primary N) is 2. The monoisotopic (exact) mass is 298 g/mol. The van der Waals surface area contributed by atoms with Crippen molar-refractivity contribution < 1.29 is 8.42 Å². The third-order valence-corrected chi connectivity index (χ3v) is 4.82. The predicted octanol–water partition coefficient (Wildman–Crippen LogP) is 0.447. The first-order valence-corrected chi connectivity index (χ1v) is 8.25. The average molecular weight is 298 g/mol. The van der Waals surface area contributed by atoms with Crippen molar-refractivity contribution in [3.63, 3.8) is 0 Å². The van der Waals surface area contributed by atoms with Gasteiger partial charge in [-0.2, -0.15) is 0 Å². The average Bonchev–Trinajstić information content (AvgIpc) is 2.38. The van der Waals surface area contributed by atoms with E-state index in [1.165, 1.54) is 6.07 Å². The van der Waals surface area contributed by atoms with Crippen LogP contribution in [0, 0.1) is 0 Å². The van der Waals surface area contributed by atoms with E-state index >= 15 is 0 Å². The second kappa shape index (κ2) is 5.59. The minimum Gasteiger partial charge on any atom is -0.399 e. The third kappa shape index (κ3) is 3.05. The van der Waals surface area contributed by atoms with Crippen LogP contribution in [-0.4, -0.2) is 46.0 Å². The van der Waals surface area contributed by atoms with Crippen LogP contribution in [0.25, 0.3) is 0 Å². The Balaban J connectivity index is 2.38. The number of likely N-dealkylation sites (N-methyl/N-ethyl adjacent to an activating group) is 1.